The van der Waals surface area contributed by atoms with Crippen molar-refractivity contribution >= 4 is 5.96 Å². The Morgan fingerprint density at radius 1 is 1.05 bits per heavy atom. The Kier molecular flexibility index (Phi) is 4.09. The molecule has 3 aliphatic heterocycles. The molecule has 0 spiro atoms. The number of guanidine groups is 1. The van der Waals surface area contributed by atoms with E-state index in [1.54, 1.807) is 0 Å². The minimum absolute atomic E-state index is 0.136. The summed E-state index contributed by atoms with van der Waals surface area (Å²) in [5.41, 5.74) is 6.23. The summed E-state index contributed by atoms with van der Waals surface area (Å²) in [5.74, 6) is 1.92. The SMILES string of the molecule is CN1C(N2CCOCC2)=NC(N2CCOCC2)=CC1N. The Morgan fingerprint density at radius 3 is 2.20 bits per heavy atom. The van der Waals surface area contributed by atoms with Crippen molar-refractivity contribution in [3.05, 3.63) is 11.9 Å². The molecular weight excluding hydrogens is 258 g/mol. The summed E-state index contributed by atoms with van der Waals surface area (Å²) in [7, 11) is 1.99. The molecule has 0 saturated carbocycles. The van der Waals surface area contributed by atoms with Crippen LogP contribution in [0.15, 0.2) is 16.9 Å². The molecule has 20 heavy (non-hydrogen) atoms. The van der Waals surface area contributed by atoms with Crippen LogP contribution in [-0.4, -0.2) is 86.5 Å². The van der Waals surface area contributed by atoms with Crippen molar-refractivity contribution in [2.24, 2.45) is 10.7 Å². The fourth-order valence-electron chi connectivity index (χ4n) is 2.64. The molecule has 7 nitrogen and oxygen atoms in total. The molecule has 0 bridgehead atoms. The summed E-state index contributed by atoms with van der Waals surface area (Å²) in [6, 6.07) is 0. The molecule has 112 valence electrons. The molecular formula is C13H23N5O2. The number of nitrogens with zero attached hydrogens (tertiary/aromatic N) is 4. The maximum Gasteiger partial charge on any atom is 0.204 e. The molecule has 0 aromatic heterocycles. The molecule has 0 radical (unpaired) electrons. The van der Waals surface area contributed by atoms with Gasteiger partial charge in [0.25, 0.3) is 0 Å². The van der Waals surface area contributed by atoms with Gasteiger partial charge in [-0.15, -0.1) is 0 Å². The normalized spacial score (nSPS) is 28.3. The number of morpholine rings is 2. The van der Waals surface area contributed by atoms with E-state index < -0.39 is 0 Å². The van der Waals surface area contributed by atoms with Crippen molar-refractivity contribution in [2.75, 3.05) is 59.7 Å². The molecule has 3 aliphatic rings. The molecule has 1 unspecified atom stereocenters. The van der Waals surface area contributed by atoms with E-state index in [4.69, 9.17) is 20.2 Å². The number of ether oxygens (including phenoxy) is 2. The summed E-state index contributed by atoms with van der Waals surface area (Å²) in [6.45, 7) is 6.50. The lowest BCUT2D eigenvalue weighted by atomic mass is 10.3. The van der Waals surface area contributed by atoms with Crippen molar-refractivity contribution in [1.82, 2.24) is 14.7 Å². The lowest BCUT2D eigenvalue weighted by molar-refractivity contribution is 0.0500. The average Bonchev–Trinajstić information content (AvgIpc) is 2.51. The second-order valence-corrected chi connectivity index (χ2v) is 5.24. The van der Waals surface area contributed by atoms with Gasteiger partial charge in [-0.05, 0) is 6.08 Å². The highest BCUT2D eigenvalue weighted by molar-refractivity contribution is 5.82. The predicted molar refractivity (Wildman–Crippen MR) is 76.0 cm³/mol. The highest BCUT2D eigenvalue weighted by Gasteiger charge is 2.27. The second kappa shape index (κ2) is 5.99. The van der Waals surface area contributed by atoms with Gasteiger partial charge in [0.15, 0.2) is 0 Å². The Balaban J connectivity index is 1.79. The van der Waals surface area contributed by atoms with Crippen LogP contribution in [0.25, 0.3) is 0 Å². The molecule has 1 atom stereocenters. The molecule has 2 saturated heterocycles. The van der Waals surface area contributed by atoms with Crippen molar-refractivity contribution in [2.45, 2.75) is 6.17 Å². The maximum absolute atomic E-state index is 6.23. The Bertz CT molecular complexity index is 400. The number of likely N-dealkylation sites (N-methyl/N-ethyl adjacent to an activating group) is 1. The van der Waals surface area contributed by atoms with Gasteiger partial charge in [0.1, 0.15) is 12.0 Å². The summed E-state index contributed by atoms with van der Waals surface area (Å²) in [5, 5.41) is 0. The molecule has 0 aromatic carbocycles. The zero-order chi connectivity index (χ0) is 13.9. The minimum Gasteiger partial charge on any atom is -0.378 e. The van der Waals surface area contributed by atoms with E-state index in [-0.39, 0.29) is 6.17 Å². The quantitative estimate of drug-likeness (QED) is 0.670. The second-order valence-electron chi connectivity index (χ2n) is 5.24. The van der Waals surface area contributed by atoms with Crippen LogP contribution in [0.4, 0.5) is 0 Å². The molecule has 0 aromatic rings. The predicted octanol–water partition coefficient (Wildman–Crippen LogP) is -0.922. The van der Waals surface area contributed by atoms with Crippen LogP contribution in [-0.2, 0) is 9.47 Å². The van der Waals surface area contributed by atoms with Gasteiger partial charge < -0.3 is 29.9 Å². The first-order chi connectivity index (χ1) is 9.75. The fraction of sp³-hybridized carbons (Fsp3) is 0.769. The van der Waals surface area contributed by atoms with Gasteiger partial charge in [0, 0.05) is 33.2 Å². The van der Waals surface area contributed by atoms with E-state index in [0.29, 0.717) is 0 Å². The van der Waals surface area contributed by atoms with Gasteiger partial charge in [-0.1, -0.05) is 0 Å². The Morgan fingerprint density at radius 2 is 1.60 bits per heavy atom. The lowest BCUT2D eigenvalue weighted by Gasteiger charge is -2.40. The summed E-state index contributed by atoms with van der Waals surface area (Å²) in [4.78, 5) is 11.3. The highest BCUT2D eigenvalue weighted by Crippen LogP contribution is 2.18. The van der Waals surface area contributed by atoms with Crippen molar-refractivity contribution in [3.63, 3.8) is 0 Å². The van der Waals surface area contributed by atoms with E-state index in [1.807, 2.05) is 18.0 Å². The summed E-state index contributed by atoms with van der Waals surface area (Å²) >= 11 is 0. The third kappa shape index (κ3) is 2.74. The molecule has 7 heteroatoms. The third-order valence-electron chi connectivity index (χ3n) is 3.93. The van der Waals surface area contributed by atoms with Crippen molar-refractivity contribution in [3.8, 4) is 0 Å². The summed E-state index contributed by atoms with van der Waals surface area (Å²) < 4.78 is 10.8. The minimum atomic E-state index is -0.136. The van der Waals surface area contributed by atoms with E-state index >= 15 is 0 Å². The van der Waals surface area contributed by atoms with Gasteiger partial charge in [-0.25, -0.2) is 0 Å². The Hall–Kier alpha value is -1.31. The number of hydrogen-bond acceptors (Lipinski definition) is 7. The van der Waals surface area contributed by atoms with Gasteiger partial charge in [0.2, 0.25) is 5.96 Å². The fourth-order valence-corrected chi connectivity index (χ4v) is 2.64. The molecule has 2 N–H and O–H groups in total. The van der Waals surface area contributed by atoms with Crippen LogP contribution < -0.4 is 5.73 Å². The van der Waals surface area contributed by atoms with Gasteiger partial charge in [-0.3, -0.25) is 0 Å². The third-order valence-corrected chi connectivity index (χ3v) is 3.93. The van der Waals surface area contributed by atoms with E-state index in [0.717, 1.165) is 64.4 Å². The topological polar surface area (TPSA) is 66.6 Å². The molecule has 3 heterocycles. The van der Waals surface area contributed by atoms with Crippen LogP contribution in [0, 0.1) is 0 Å². The van der Waals surface area contributed by atoms with Crippen molar-refractivity contribution < 1.29 is 9.47 Å². The summed E-state index contributed by atoms with van der Waals surface area (Å²) in [6.07, 6.45) is 1.89. The van der Waals surface area contributed by atoms with Gasteiger partial charge >= 0.3 is 0 Å². The monoisotopic (exact) mass is 281 g/mol. The van der Waals surface area contributed by atoms with E-state index in [2.05, 4.69) is 9.80 Å². The number of rotatable bonds is 1. The number of hydrogen-bond donors (Lipinski definition) is 1. The number of nitrogens with two attached hydrogens (primary N) is 1. The average molecular weight is 281 g/mol. The largest absolute Gasteiger partial charge is 0.378 e. The van der Waals surface area contributed by atoms with E-state index in [9.17, 15) is 0 Å². The van der Waals surface area contributed by atoms with Crippen LogP contribution in [0.5, 0.6) is 0 Å². The first kappa shape index (κ1) is 13.7. The van der Waals surface area contributed by atoms with E-state index in [1.165, 1.54) is 0 Å². The lowest BCUT2D eigenvalue weighted by Crippen LogP contribution is -2.55. The first-order valence-electron chi connectivity index (χ1n) is 7.20. The van der Waals surface area contributed by atoms with Crippen molar-refractivity contribution in [1.29, 1.82) is 0 Å². The maximum atomic E-state index is 6.23. The van der Waals surface area contributed by atoms with Crippen LogP contribution >= 0.6 is 0 Å². The molecule has 3 rings (SSSR count). The van der Waals surface area contributed by atoms with Crippen LogP contribution in [0.1, 0.15) is 0 Å². The smallest absolute Gasteiger partial charge is 0.204 e. The highest BCUT2D eigenvalue weighted by atomic mass is 16.5. The number of aliphatic imine (C=N–C) groups is 1. The van der Waals surface area contributed by atoms with Gasteiger partial charge in [-0.2, -0.15) is 4.99 Å². The molecule has 0 amide bonds. The molecule has 0 aliphatic carbocycles. The van der Waals surface area contributed by atoms with Gasteiger partial charge in [0.05, 0.1) is 26.4 Å². The zero-order valence-corrected chi connectivity index (χ0v) is 12.0. The first-order valence-corrected chi connectivity index (χ1v) is 7.20. The van der Waals surface area contributed by atoms with Crippen LogP contribution in [0.3, 0.4) is 0 Å². The zero-order valence-electron chi connectivity index (χ0n) is 12.0. The Labute approximate surface area is 119 Å². The van der Waals surface area contributed by atoms with Crippen LogP contribution in [0.2, 0.25) is 0 Å². The standard InChI is InChI=1S/C13H23N5O2/c1-16-11(14)10-12(17-2-6-19-7-3-17)15-13(16)18-4-8-20-9-5-18/h10-11H,2-9,14H2,1H3. The molecule has 2 fully saturated rings.